The van der Waals surface area contributed by atoms with Crippen molar-refractivity contribution < 1.29 is 19.4 Å². The maximum atomic E-state index is 11.2. The molecule has 0 aromatic heterocycles. The number of amides is 2. The van der Waals surface area contributed by atoms with Crippen LogP contribution in [0.3, 0.4) is 0 Å². The molecular formula is C13H15NO4. The van der Waals surface area contributed by atoms with Crippen LogP contribution in [0.2, 0.25) is 0 Å². The summed E-state index contributed by atoms with van der Waals surface area (Å²) in [6, 6.07) is 7.05. The van der Waals surface area contributed by atoms with Gasteiger partial charge in [0, 0.05) is 0 Å². The summed E-state index contributed by atoms with van der Waals surface area (Å²) in [7, 11) is 0. The summed E-state index contributed by atoms with van der Waals surface area (Å²) in [4.78, 5) is 22.0. The number of phenolic OH excluding ortho intramolecular Hbond substituents is 1. The Morgan fingerprint density at radius 1 is 1.17 bits per heavy atom. The van der Waals surface area contributed by atoms with E-state index in [-0.39, 0.29) is 11.7 Å². The minimum Gasteiger partial charge on any atom is -0.508 e. The molecule has 1 aromatic carbocycles. The van der Waals surface area contributed by atoms with Gasteiger partial charge in [0.2, 0.25) is 0 Å². The highest BCUT2D eigenvalue weighted by atomic mass is 16.6. The van der Waals surface area contributed by atoms with E-state index in [9.17, 15) is 9.59 Å². The number of nitrogens with one attached hydrogen (secondary N) is 1. The molecule has 0 radical (unpaired) electrons. The average Bonchev–Trinajstić information content (AvgIpc) is 2.66. The van der Waals surface area contributed by atoms with Crippen LogP contribution in [-0.4, -0.2) is 23.2 Å². The Bertz CT molecular complexity index is 441. The van der Waals surface area contributed by atoms with Gasteiger partial charge in [0.1, 0.15) is 5.75 Å². The molecule has 0 saturated carbocycles. The molecule has 5 heteroatoms. The number of carbonyl (C=O) groups excluding carboxylic acids is 2. The normalized spacial score (nSPS) is 18.6. The van der Waals surface area contributed by atoms with Crippen LogP contribution in [0, 0.1) is 0 Å². The second-order valence-electron chi connectivity index (χ2n) is 4.30. The monoisotopic (exact) mass is 249 g/mol. The van der Waals surface area contributed by atoms with Crippen molar-refractivity contribution >= 4 is 12.0 Å². The zero-order valence-electron chi connectivity index (χ0n) is 9.89. The van der Waals surface area contributed by atoms with Crippen molar-refractivity contribution in [3.05, 3.63) is 29.8 Å². The third-order valence-corrected chi connectivity index (χ3v) is 2.89. The number of cyclic esters (lactones) is 1. The highest BCUT2D eigenvalue weighted by molar-refractivity contribution is 5.99. The molecule has 2 amide bonds. The quantitative estimate of drug-likeness (QED) is 0.779. The van der Waals surface area contributed by atoms with E-state index < -0.39 is 12.2 Å². The molecule has 96 valence electrons. The van der Waals surface area contributed by atoms with E-state index in [1.54, 1.807) is 12.1 Å². The summed E-state index contributed by atoms with van der Waals surface area (Å²) in [5.41, 5.74) is 1.14. The van der Waals surface area contributed by atoms with Crippen molar-refractivity contribution in [2.24, 2.45) is 0 Å². The van der Waals surface area contributed by atoms with Crippen molar-refractivity contribution in [2.45, 2.75) is 31.8 Å². The first-order chi connectivity index (χ1) is 8.65. The van der Waals surface area contributed by atoms with Gasteiger partial charge in [0.05, 0.1) is 0 Å². The van der Waals surface area contributed by atoms with Crippen molar-refractivity contribution in [3.8, 4) is 5.75 Å². The zero-order valence-corrected chi connectivity index (χ0v) is 9.89. The van der Waals surface area contributed by atoms with E-state index in [0.29, 0.717) is 6.42 Å². The molecule has 18 heavy (non-hydrogen) atoms. The number of hydrogen-bond acceptors (Lipinski definition) is 4. The minimum atomic E-state index is -0.650. The Morgan fingerprint density at radius 3 is 2.50 bits per heavy atom. The highest BCUT2D eigenvalue weighted by Gasteiger charge is 2.31. The second kappa shape index (κ2) is 5.53. The molecule has 0 bridgehead atoms. The van der Waals surface area contributed by atoms with Crippen LogP contribution < -0.4 is 5.32 Å². The number of phenols is 1. The molecule has 1 fully saturated rings. The smallest absolute Gasteiger partial charge is 0.414 e. The lowest BCUT2D eigenvalue weighted by Gasteiger charge is -2.06. The highest BCUT2D eigenvalue weighted by Crippen LogP contribution is 2.15. The molecule has 1 saturated heterocycles. The number of imide groups is 1. The number of carbonyl (C=O) groups is 2. The van der Waals surface area contributed by atoms with Crippen LogP contribution in [0.4, 0.5) is 4.79 Å². The SMILES string of the molecule is O=C1NC(=O)[C@@H](CCCCc2ccc(O)cc2)O1. The Morgan fingerprint density at radius 2 is 1.89 bits per heavy atom. The van der Waals surface area contributed by atoms with Gasteiger partial charge in [-0.15, -0.1) is 0 Å². The molecule has 2 N–H and O–H groups in total. The van der Waals surface area contributed by atoms with Gasteiger partial charge >= 0.3 is 6.09 Å². The number of alkyl carbamates (subject to hydrolysis) is 1. The molecule has 5 nitrogen and oxygen atoms in total. The van der Waals surface area contributed by atoms with E-state index in [0.717, 1.165) is 24.8 Å². The molecule has 0 aliphatic carbocycles. The average molecular weight is 249 g/mol. The number of benzene rings is 1. The lowest BCUT2D eigenvalue weighted by Crippen LogP contribution is -2.24. The number of aromatic hydroxyl groups is 1. The Hall–Kier alpha value is -2.04. The van der Waals surface area contributed by atoms with Crippen LogP contribution in [0.5, 0.6) is 5.75 Å². The molecule has 2 rings (SSSR count). The number of rotatable bonds is 5. The predicted molar refractivity (Wildman–Crippen MR) is 64.1 cm³/mol. The first kappa shape index (κ1) is 12.4. The van der Waals surface area contributed by atoms with E-state index in [2.05, 4.69) is 5.32 Å². The zero-order chi connectivity index (χ0) is 13.0. The lowest BCUT2D eigenvalue weighted by molar-refractivity contribution is -0.123. The number of aryl methyl sites for hydroxylation is 1. The molecule has 1 heterocycles. The lowest BCUT2D eigenvalue weighted by atomic mass is 10.1. The summed E-state index contributed by atoms with van der Waals surface area (Å²) in [6.07, 6.45) is 1.87. The molecule has 1 aromatic rings. The summed E-state index contributed by atoms with van der Waals surface area (Å²) in [5, 5.41) is 11.2. The Kier molecular flexibility index (Phi) is 3.82. The predicted octanol–water partition coefficient (Wildman–Crippen LogP) is 1.74. The third-order valence-electron chi connectivity index (χ3n) is 2.89. The topological polar surface area (TPSA) is 75.6 Å². The fourth-order valence-electron chi connectivity index (χ4n) is 1.90. The van der Waals surface area contributed by atoms with Gasteiger partial charge in [-0.1, -0.05) is 12.1 Å². The van der Waals surface area contributed by atoms with Gasteiger partial charge in [0.15, 0.2) is 6.10 Å². The summed E-state index contributed by atoms with van der Waals surface area (Å²) in [6.45, 7) is 0. The Balaban J connectivity index is 1.68. The molecule has 1 aliphatic heterocycles. The summed E-state index contributed by atoms with van der Waals surface area (Å²) < 4.78 is 4.81. The third kappa shape index (κ3) is 3.23. The molecule has 1 atom stereocenters. The minimum absolute atomic E-state index is 0.258. The number of hydrogen-bond donors (Lipinski definition) is 2. The molecule has 0 spiro atoms. The van der Waals surface area contributed by atoms with E-state index >= 15 is 0 Å². The first-order valence-corrected chi connectivity index (χ1v) is 5.94. The van der Waals surface area contributed by atoms with E-state index in [4.69, 9.17) is 9.84 Å². The van der Waals surface area contributed by atoms with Crippen LogP contribution in [0.25, 0.3) is 0 Å². The fraction of sp³-hybridized carbons (Fsp3) is 0.385. The van der Waals surface area contributed by atoms with Gasteiger partial charge < -0.3 is 9.84 Å². The van der Waals surface area contributed by atoms with E-state index in [1.165, 1.54) is 0 Å². The largest absolute Gasteiger partial charge is 0.508 e. The van der Waals surface area contributed by atoms with Crippen molar-refractivity contribution in [2.75, 3.05) is 0 Å². The van der Waals surface area contributed by atoms with Gasteiger partial charge in [-0.2, -0.15) is 0 Å². The molecule has 1 aliphatic rings. The van der Waals surface area contributed by atoms with Crippen molar-refractivity contribution in [1.82, 2.24) is 5.32 Å². The summed E-state index contributed by atoms with van der Waals surface area (Å²) in [5.74, 6) is -0.0853. The van der Waals surface area contributed by atoms with Crippen molar-refractivity contribution in [1.29, 1.82) is 0 Å². The standard InChI is InChI=1S/C13H15NO4/c15-10-7-5-9(6-8-10)3-1-2-4-11-12(16)14-13(17)18-11/h5-8,11,15H,1-4H2,(H,14,16,17)/t11-/m1/s1. The second-order valence-corrected chi connectivity index (χ2v) is 4.30. The van der Waals surface area contributed by atoms with Crippen molar-refractivity contribution in [3.63, 3.8) is 0 Å². The fourth-order valence-corrected chi connectivity index (χ4v) is 1.90. The van der Waals surface area contributed by atoms with Gasteiger partial charge in [-0.05, 0) is 43.4 Å². The van der Waals surface area contributed by atoms with Crippen LogP contribution in [0.15, 0.2) is 24.3 Å². The maximum Gasteiger partial charge on any atom is 0.414 e. The molecule has 0 unspecified atom stereocenters. The Labute approximate surface area is 105 Å². The number of unbranched alkanes of at least 4 members (excludes halogenated alkanes) is 1. The van der Waals surface area contributed by atoms with Crippen LogP contribution in [-0.2, 0) is 16.0 Å². The first-order valence-electron chi connectivity index (χ1n) is 5.94. The summed E-state index contributed by atoms with van der Waals surface area (Å²) >= 11 is 0. The van der Waals surface area contributed by atoms with Gasteiger partial charge in [-0.25, -0.2) is 4.79 Å². The van der Waals surface area contributed by atoms with Crippen LogP contribution in [0.1, 0.15) is 24.8 Å². The van der Waals surface area contributed by atoms with Crippen LogP contribution >= 0.6 is 0 Å². The van der Waals surface area contributed by atoms with Gasteiger partial charge in [0.25, 0.3) is 5.91 Å². The van der Waals surface area contributed by atoms with Gasteiger partial charge in [-0.3, -0.25) is 10.1 Å². The maximum absolute atomic E-state index is 11.2. The number of ether oxygens (including phenoxy) is 1. The van der Waals surface area contributed by atoms with E-state index in [1.807, 2.05) is 12.1 Å². The molecular weight excluding hydrogens is 234 g/mol.